The summed E-state index contributed by atoms with van der Waals surface area (Å²) in [6.07, 6.45) is -5.61. The highest BCUT2D eigenvalue weighted by atomic mass is 19.4. The summed E-state index contributed by atoms with van der Waals surface area (Å²) in [5.41, 5.74) is 1.19. The summed E-state index contributed by atoms with van der Waals surface area (Å²) in [6, 6.07) is 6.49. The molecule has 4 nitrogen and oxygen atoms in total. The van der Waals surface area contributed by atoms with E-state index in [2.05, 4.69) is 5.32 Å². The molecule has 0 saturated carbocycles. The first-order chi connectivity index (χ1) is 9.88. The highest BCUT2D eigenvalue weighted by Crippen LogP contribution is 2.33. The highest BCUT2D eigenvalue weighted by Gasteiger charge is 2.31. The Bertz CT molecular complexity index is 505. The van der Waals surface area contributed by atoms with Gasteiger partial charge in [-0.05, 0) is 31.4 Å². The molecule has 1 aromatic carbocycles. The molecule has 7 heteroatoms. The maximum atomic E-state index is 12.2. The van der Waals surface area contributed by atoms with Crippen LogP contribution < -0.4 is 10.2 Å². The quantitative estimate of drug-likeness (QED) is 0.884. The molecule has 0 aromatic heterocycles. The van der Waals surface area contributed by atoms with Crippen molar-refractivity contribution in [3.05, 3.63) is 24.3 Å². The molecule has 1 unspecified atom stereocenters. The van der Waals surface area contributed by atoms with Gasteiger partial charge in [-0.25, -0.2) is 4.79 Å². The van der Waals surface area contributed by atoms with Crippen LogP contribution in [0, 0.1) is 0 Å². The molecule has 0 bridgehead atoms. The molecule has 0 radical (unpaired) electrons. The van der Waals surface area contributed by atoms with Gasteiger partial charge in [-0.15, -0.1) is 0 Å². The van der Waals surface area contributed by atoms with Gasteiger partial charge in [-0.3, -0.25) is 4.90 Å². The average molecular weight is 302 g/mol. The van der Waals surface area contributed by atoms with Crippen molar-refractivity contribution in [3.8, 4) is 0 Å². The summed E-state index contributed by atoms with van der Waals surface area (Å²) in [4.78, 5) is 12.7. The highest BCUT2D eigenvalue weighted by molar-refractivity contribution is 5.92. The SMILES string of the molecule is O=C(O)N1c2ccccc2NCCC1CCCC(F)(F)F. The largest absolute Gasteiger partial charge is 0.465 e. The normalized spacial score (nSPS) is 18.6. The van der Waals surface area contributed by atoms with Gasteiger partial charge in [0.2, 0.25) is 0 Å². The standard InChI is InChI=1S/C14H17F3N2O2/c15-14(16,17)8-3-4-10-7-9-18-11-5-1-2-6-12(11)19(10)13(20)21/h1-2,5-6,10,18H,3-4,7-9H2,(H,20,21). The maximum Gasteiger partial charge on any atom is 0.412 e. The third kappa shape index (κ3) is 4.03. The number of nitrogens with one attached hydrogen (secondary N) is 1. The van der Waals surface area contributed by atoms with Gasteiger partial charge in [-0.1, -0.05) is 12.1 Å². The van der Waals surface area contributed by atoms with Gasteiger partial charge in [0.25, 0.3) is 0 Å². The van der Waals surface area contributed by atoms with E-state index in [1.165, 1.54) is 4.90 Å². The van der Waals surface area contributed by atoms with E-state index in [-0.39, 0.29) is 12.8 Å². The second kappa shape index (κ2) is 6.24. The van der Waals surface area contributed by atoms with Crippen LogP contribution in [0.2, 0.25) is 0 Å². The van der Waals surface area contributed by atoms with Gasteiger partial charge in [0.05, 0.1) is 11.4 Å². The first kappa shape index (κ1) is 15.5. The minimum Gasteiger partial charge on any atom is -0.465 e. The number of nitrogens with zero attached hydrogens (tertiary/aromatic N) is 1. The Kier molecular flexibility index (Phi) is 4.59. The number of hydrogen-bond acceptors (Lipinski definition) is 2. The lowest BCUT2D eigenvalue weighted by atomic mass is 10.0. The van der Waals surface area contributed by atoms with Crippen LogP contribution >= 0.6 is 0 Å². The molecule has 2 rings (SSSR count). The fourth-order valence-corrected chi connectivity index (χ4v) is 2.60. The summed E-state index contributed by atoms with van der Waals surface area (Å²) in [5, 5.41) is 12.5. The van der Waals surface area contributed by atoms with Gasteiger partial charge in [0.15, 0.2) is 0 Å². The Morgan fingerprint density at radius 2 is 2.10 bits per heavy atom. The molecule has 116 valence electrons. The fourth-order valence-electron chi connectivity index (χ4n) is 2.60. The van der Waals surface area contributed by atoms with Crippen LogP contribution in [0.3, 0.4) is 0 Å². The maximum absolute atomic E-state index is 12.2. The minimum absolute atomic E-state index is 0.0693. The van der Waals surface area contributed by atoms with Crippen LogP contribution in [-0.2, 0) is 0 Å². The molecule has 2 N–H and O–H groups in total. The predicted octanol–water partition coefficient (Wildman–Crippen LogP) is 4.09. The first-order valence-electron chi connectivity index (χ1n) is 6.80. The summed E-state index contributed by atoms with van der Waals surface area (Å²) < 4.78 is 36.7. The van der Waals surface area contributed by atoms with Crippen molar-refractivity contribution in [1.29, 1.82) is 0 Å². The van der Waals surface area contributed by atoms with Gasteiger partial charge in [0, 0.05) is 19.0 Å². The second-order valence-electron chi connectivity index (χ2n) is 5.05. The van der Waals surface area contributed by atoms with E-state index in [4.69, 9.17) is 0 Å². The van der Waals surface area contributed by atoms with Crippen molar-refractivity contribution in [2.75, 3.05) is 16.8 Å². The Morgan fingerprint density at radius 1 is 1.38 bits per heavy atom. The van der Waals surface area contributed by atoms with Crippen molar-refractivity contribution in [2.24, 2.45) is 0 Å². The van der Waals surface area contributed by atoms with E-state index in [0.717, 1.165) is 0 Å². The number of benzene rings is 1. The molecular weight excluding hydrogens is 285 g/mol. The zero-order valence-electron chi connectivity index (χ0n) is 11.4. The molecule has 1 amide bonds. The number of carbonyl (C=O) groups is 1. The zero-order chi connectivity index (χ0) is 15.5. The van der Waals surface area contributed by atoms with Crippen molar-refractivity contribution in [2.45, 2.75) is 37.9 Å². The van der Waals surface area contributed by atoms with Gasteiger partial charge >= 0.3 is 12.3 Å². The third-order valence-electron chi connectivity index (χ3n) is 3.53. The summed E-state index contributed by atoms with van der Waals surface area (Å²) in [5.74, 6) is 0. The number of rotatable bonds is 3. The third-order valence-corrected chi connectivity index (χ3v) is 3.53. The van der Waals surface area contributed by atoms with Crippen molar-refractivity contribution in [3.63, 3.8) is 0 Å². The fraction of sp³-hybridized carbons (Fsp3) is 0.500. The lowest BCUT2D eigenvalue weighted by molar-refractivity contribution is -0.135. The molecular formula is C14H17F3N2O2. The molecule has 1 aromatic rings. The topological polar surface area (TPSA) is 52.6 Å². The van der Waals surface area contributed by atoms with Crippen LogP contribution in [0.4, 0.5) is 29.3 Å². The molecule has 1 aliphatic heterocycles. The molecule has 1 heterocycles. The number of carboxylic acid groups (broad SMARTS) is 1. The lowest BCUT2D eigenvalue weighted by Gasteiger charge is -2.28. The van der Waals surface area contributed by atoms with E-state index in [1.807, 2.05) is 0 Å². The Labute approximate surface area is 120 Å². The molecule has 21 heavy (non-hydrogen) atoms. The van der Waals surface area contributed by atoms with E-state index in [0.29, 0.717) is 24.3 Å². The average Bonchev–Trinajstić information content (AvgIpc) is 2.56. The second-order valence-corrected chi connectivity index (χ2v) is 5.05. The number of amides is 1. The van der Waals surface area contributed by atoms with Crippen molar-refractivity contribution in [1.82, 2.24) is 0 Å². The molecule has 0 aliphatic carbocycles. The van der Waals surface area contributed by atoms with Crippen LogP contribution in [-0.4, -0.2) is 30.0 Å². The zero-order valence-corrected chi connectivity index (χ0v) is 11.4. The van der Waals surface area contributed by atoms with Gasteiger partial charge in [0.1, 0.15) is 0 Å². The van der Waals surface area contributed by atoms with E-state index in [1.54, 1.807) is 24.3 Å². The van der Waals surface area contributed by atoms with Crippen LogP contribution in [0.1, 0.15) is 25.7 Å². The predicted molar refractivity (Wildman–Crippen MR) is 73.7 cm³/mol. The number of hydrogen-bond donors (Lipinski definition) is 2. The Balaban J connectivity index is 2.15. The minimum atomic E-state index is -4.20. The number of anilines is 2. The summed E-state index contributed by atoms with van der Waals surface area (Å²) in [7, 11) is 0. The number of halogens is 3. The lowest BCUT2D eigenvalue weighted by Crippen LogP contribution is -2.39. The van der Waals surface area contributed by atoms with Crippen LogP contribution in [0.5, 0.6) is 0 Å². The summed E-state index contributed by atoms with van der Waals surface area (Å²) >= 11 is 0. The van der Waals surface area contributed by atoms with Gasteiger partial charge < -0.3 is 10.4 Å². The number of alkyl halides is 3. The van der Waals surface area contributed by atoms with Crippen LogP contribution in [0.25, 0.3) is 0 Å². The number of para-hydroxylation sites is 2. The molecule has 0 spiro atoms. The first-order valence-corrected chi connectivity index (χ1v) is 6.80. The Morgan fingerprint density at radius 3 is 2.76 bits per heavy atom. The summed E-state index contributed by atoms with van der Waals surface area (Å²) in [6.45, 7) is 0.539. The van der Waals surface area contributed by atoms with E-state index < -0.39 is 24.7 Å². The van der Waals surface area contributed by atoms with Gasteiger partial charge in [-0.2, -0.15) is 13.2 Å². The van der Waals surface area contributed by atoms with Crippen LogP contribution in [0.15, 0.2) is 24.3 Å². The van der Waals surface area contributed by atoms with Crippen molar-refractivity contribution < 1.29 is 23.1 Å². The number of fused-ring (bicyclic) bond motifs is 1. The molecule has 1 atom stereocenters. The molecule has 1 aliphatic rings. The van der Waals surface area contributed by atoms with E-state index >= 15 is 0 Å². The monoisotopic (exact) mass is 302 g/mol. The molecule has 0 fully saturated rings. The smallest absolute Gasteiger partial charge is 0.412 e. The van der Waals surface area contributed by atoms with Crippen molar-refractivity contribution >= 4 is 17.5 Å². The molecule has 0 saturated heterocycles. The van der Waals surface area contributed by atoms with E-state index in [9.17, 15) is 23.1 Å². The Hall–Kier alpha value is -1.92.